The van der Waals surface area contributed by atoms with Gasteiger partial charge in [-0.2, -0.15) is 5.10 Å². The standard InChI is InChI=1S/C13H14N4O2/c14-8-11(9-4-2-1-3-5-9)15-13(19)10-6-7-12(18)17-16-10/h1-7,11H,8,14H2,(H,15,19)(H,17,18). The van der Waals surface area contributed by atoms with Crippen molar-refractivity contribution >= 4 is 5.91 Å². The van der Waals surface area contributed by atoms with Crippen LogP contribution in [0.5, 0.6) is 0 Å². The minimum absolute atomic E-state index is 0.147. The summed E-state index contributed by atoms with van der Waals surface area (Å²) >= 11 is 0. The molecule has 2 rings (SSSR count). The molecule has 2 aromatic rings. The van der Waals surface area contributed by atoms with E-state index in [4.69, 9.17) is 5.73 Å². The van der Waals surface area contributed by atoms with Gasteiger partial charge in [0.25, 0.3) is 11.5 Å². The number of carbonyl (C=O) groups is 1. The van der Waals surface area contributed by atoms with Crippen molar-refractivity contribution in [2.24, 2.45) is 5.73 Å². The highest BCUT2D eigenvalue weighted by Gasteiger charge is 2.14. The van der Waals surface area contributed by atoms with Crippen molar-refractivity contribution in [3.8, 4) is 0 Å². The third-order valence-electron chi connectivity index (χ3n) is 2.65. The Bertz CT molecular complexity index is 589. The summed E-state index contributed by atoms with van der Waals surface area (Å²) in [6, 6.07) is 11.8. The number of amides is 1. The van der Waals surface area contributed by atoms with Crippen LogP contribution in [0.4, 0.5) is 0 Å². The van der Waals surface area contributed by atoms with Gasteiger partial charge in [-0.1, -0.05) is 30.3 Å². The molecule has 0 aliphatic heterocycles. The minimum atomic E-state index is -0.379. The van der Waals surface area contributed by atoms with Gasteiger partial charge in [-0.15, -0.1) is 0 Å². The molecule has 1 heterocycles. The van der Waals surface area contributed by atoms with Crippen LogP contribution in [0.2, 0.25) is 0 Å². The fourth-order valence-electron chi connectivity index (χ4n) is 1.67. The van der Waals surface area contributed by atoms with E-state index in [1.54, 1.807) is 0 Å². The van der Waals surface area contributed by atoms with Crippen LogP contribution in [0.1, 0.15) is 22.1 Å². The number of hydrogen-bond acceptors (Lipinski definition) is 4. The SMILES string of the molecule is NCC(NC(=O)c1ccc(=O)[nH]n1)c1ccccc1. The molecular weight excluding hydrogens is 244 g/mol. The maximum atomic E-state index is 11.9. The zero-order chi connectivity index (χ0) is 13.7. The zero-order valence-electron chi connectivity index (χ0n) is 10.2. The average Bonchev–Trinajstić information content (AvgIpc) is 2.46. The zero-order valence-corrected chi connectivity index (χ0v) is 10.2. The quantitative estimate of drug-likeness (QED) is 0.729. The first-order valence-electron chi connectivity index (χ1n) is 5.82. The highest BCUT2D eigenvalue weighted by Crippen LogP contribution is 2.11. The molecule has 6 heteroatoms. The molecule has 0 fully saturated rings. The van der Waals surface area contributed by atoms with Crippen molar-refractivity contribution in [3.05, 3.63) is 64.1 Å². The molecule has 98 valence electrons. The number of aromatic nitrogens is 2. The Morgan fingerprint density at radius 2 is 2.00 bits per heavy atom. The fraction of sp³-hybridized carbons (Fsp3) is 0.154. The Kier molecular flexibility index (Phi) is 4.04. The lowest BCUT2D eigenvalue weighted by Gasteiger charge is -2.16. The van der Waals surface area contributed by atoms with Crippen LogP contribution >= 0.6 is 0 Å². The summed E-state index contributed by atoms with van der Waals surface area (Å²) in [6.07, 6.45) is 0. The minimum Gasteiger partial charge on any atom is -0.343 e. The number of nitrogens with one attached hydrogen (secondary N) is 2. The molecule has 0 saturated heterocycles. The summed E-state index contributed by atoms with van der Waals surface area (Å²) in [5.74, 6) is -0.379. The van der Waals surface area contributed by atoms with E-state index in [0.29, 0.717) is 0 Å². The van der Waals surface area contributed by atoms with Crippen LogP contribution in [-0.2, 0) is 0 Å². The summed E-state index contributed by atoms with van der Waals surface area (Å²) < 4.78 is 0. The van der Waals surface area contributed by atoms with E-state index in [2.05, 4.69) is 15.5 Å². The van der Waals surface area contributed by atoms with Gasteiger partial charge in [0, 0.05) is 12.6 Å². The molecule has 1 aromatic carbocycles. The summed E-state index contributed by atoms with van der Waals surface area (Å²) in [5.41, 5.74) is 6.38. The Morgan fingerprint density at radius 1 is 1.26 bits per heavy atom. The maximum Gasteiger partial charge on any atom is 0.272 e. The first-order chi connectivity index (χ1) is 9.20. The van der Waals surface area contributed by atoms with E-state index in [9.17, 15) is 9.59 Å². The molecule has 0 radical (unpaired) electrons. The lowest BCUT2D eigenvalue weighted by atomic mass is 10.1. The molecule has 4 N–H and O–H groups in total. The molecule has 1 aromatic heterocycles. The molecule has 0 spiro atoms. The highest BCUT2D eigenvalue weighted by atomic mass is 16.2. The average molecular weight is 258 g/mol. The van der Waals surface area contributed by atoms with E-state index < -0.39 is 0 Å². The molecule has 0 saturated carbocycles. The van der Waals surface area contributed by atoms with Crippen molar-refractivity contribution in [2.45, 2.75) is 6.04 Å². The Labute approximate surface area is 109 Å². The fourth-order valence-corrected chi connectivity index (χ4v) is 1.67. The molecule has 1 amide bonds. The van der Waals surface area contributed by atoms with Gasteiger partial charge < -0.3 is 11.1 Å². The largest absolute Gasteiger partial charge is 0.343 e. The van der Waals surface area contributed by atoms with E-state index >= 15 is 0 Å². The summed E-state index contributed by atoms with van der Waals surface area (Å²) in [5, 5.41) is 8.65. The molecule has 0 aliphatic rings. The predicted octanol–water partition coefficient (Wildman–Crippen LogP) is 0.200. The molecule has 1 unspecified atom stereocenters. The number of nitrogens with two attached hydrogens (primary N) is 1. The van der Waals surface area contributed by atoms with Gasteiger partial charge in [-0.3, -0.25) is 9.59 Å². The van der Waals surface area contributed by atoms with Crippen LogP contribution in [-0.4, -0.2) is 22.6 Å². The van der Waals surface area contributed by atoms with Crippen LogP contribution in [0.25, 0.3) is 0 Å². The van der Waals surface area contributed by atoms with Gasteiger partial charge >= 0.3 is 0 Å². The molecular formula is C13H14N4O2. The number of H-pyrrole nitrogens is 1. The monoisotopic (exact) mass is 258 g/mol. The number of benzene rings is 1. The third kappa shape index (κ3) is 3.26. The summed E-state index contributed by atoms with van der Waals surface area (Å²) in [6.45, 7) is 0.277. The number of carbonyl (C=O) groups excluding carboxylic acids is 1. The Morgan fingerprint density at radius 3 is 2.58 bits per heavy atom. The van der Waals surface area contributed by atoms with Gasteiger partial charge in [-0.05, 0) is 11.6 Å². The normalized spacial score (nSPS) is 11.8. The van der Waals surface area contributed by atoms with Crippen molar-refractivity contribution in [2.75, 3.05) is 6.54 Å². The van der Waals surface area contributed by atoms with Crippen molar-refractivity contribution in [1.29, 1.82) is 0 Å². The van der Waals surface area contributed by atoms with Crippen molar-refractivity contribution in [3.63, 3.8) is 0 Å². The van der Waals surface area contributed by atoms with E-state index in [0.717, 1.165) is 5.56 Å². The predicted molar refractivity (Wildman–Crippen MR) is 70.6 cm³/mol. The molecule has 0 aliphatic carbocycles. The van der Waals surface area contributed by atoms with Gasteiger partial charge in [0.1, 0.15) is 5.69 Å². The molecule has 1 atom stereocenters. The maximum absolute atomic E-state index is 11.9. The number of hydrogen-bond donors (Lipinski definition) is 3. The molecule has 0 bridgehead atoms. The van der Waals surface area contributed by atoms with Crippen molar-refractivity contribution in [1.82, 2.24) is 15.5 Å². The number of rotatable bonds is 4. The van der Waals surface area contributed by atoms with Crippen LogP contribution in [0.15, 0.2) is 47.3 Å². The highest BCUT2D eigenvalue weighted by molar-refractivity contribution is 5.92. The first-order valence-corrected chi connectivity index (χ1v) is 5.82. The first kappa shape index (κ1) is 13.0. The van der Waals surface area contributed by atoms with Crippen LogP contribution in [0, 0.1) is 0 Å². The van der Waals surface area contributed by atoms with E-state index in [-0.39, 0.29) is 29.7 Å². The van der Waals surface area contributed by atoms with Gasteiger partial charge in [0.05, 0.1) is 6.04 Å². The van der Waals surface area contributed by atoms with Crippen LogP contribution < -0.4 is 16.6 Å². The second-order valence-electron chi connectivity index (χ2n) is 3.98. The van der Waals surface area contributed by atoms with Crippen LogP contribution in [0.3, 0.4) is 0 Å². The van der Waals surface area contributed by atoms with Crippen molar-refractivity contribution < 1.29 is 4.79 Å². The molecule has 6 nitrogen and oxygen atoms in total. The lowest BCUT2D eigenvalue weighted by Crippen LogP contribution is -2.34. The van der Waals surface area contributed by atoms with Gasteiger partial charge in [0.2, 0.25) is 0 Å². The molecule has 19 heavy (non-hydrogen) atoms. The Balaban J connectivity index is 2.13. The van der Waals surface area contributed by atoms with E-state index in [1.807, 2.05) is 30.3 Å². The van der Waals surface area contributed by atoms with Gasteiger partial charge in [-0.25, -0.2) is 5.10 Å². The summed E-state index contributed by atoms with van der Waals surface area (Å²) in [7, 11) is 0. The topological polar surface area (TPSA) is 101 Å². The lowest BCUT2D eigenvalue weighted by molar-refractivity contribution is 0.0931. The second-order valence-corrected chi connectivity index (χ2v) is 3.98. The second kappa shape index (κ2) is 5.92. The third-order valence-corrected chi connectivity index (χ3v) is 2.65. The number of aromatic amines is 1. The summed E-state index contributed by atoms with van der Waals surface area (Å²) in [4.78, 5) is 22.8. The van der Waals surface area contributed by atoms with E-state index in [1.165, 1.54) is 12.1 Å². The number of nitrogens with zero attached hydrogens (tertiary/aromatic N) is 1. The smallest absolute Gasteiger partial charge is 0.272 e. The Hall–Kier alpha value is -2.47. The van der Waals surface area contributed by atoms with Gasteiger partial charge in [0.15, 0.2) is 0 Å².